The van der Waals surface area contributed by atoms with Gasteiger partial charge in [0.15, 0.2) is 0 Å². The van der Waals surface area contributed by atoms with Crippen LogP contribution in [-0.4, -0.2) is 166 Å². The Morgan fingerprint density at radius 1 is 0.310 bits per heavy atom. The van der Waals surface area contributed by atoms with E-state index in [0.717, 1.165) is 12.8 Å². The minimum Gasteiger partial charge on any atom is -0.378 e. The van der Waals surface area contributed by atoms with Crippen molar-refractivity contribution in [2.45, 2.75) is 147 Å². The molecule has 9 aliphatic rings. The van der Waals surface area contributed by atoms with E-state index in [-0.39, 0.29) is 139 Å². The third kappa shape index (κ3) is 6.94. The van der Waals surface area contributed by atoms with Crippen molar-refractivity contribution in [3.05, 3.63) is 0 Å². The fourth-order valence-corrected chi connectivity index (χ4v) is 14.9. The molecular formula is C40H70Cl2N8O8. The molecule has 0 amide bonds. The average Bonchev–Trinajstić information content (AvgIpc) is 3.98. The zero-order valence-corrected chi connectivity index (χ0v) is 36.8. The minimum atomic E-state index is -0.381. The second-order valence-corrected chi connectivity index (χ2v) is 19.5. The van der Waals surface area contributed by atoms with Crippen LogP contribution in [-0.2, 0) is 37.9 Å². The van der Waals surface area contributed by atoms with E-state index in [2.05, 4.69) is 42.5 Å². The Labute approximate surface area is 354 Å². The Bertz CT molecular complexity index is 1410. The predicted molar refractivity (Wildman–Crippen MR) is 217 cm³/mol. The summed E-state index contributed by atoms with van der Waals surface area (Å²) in [6, 6.07) is 0. The topological polar surface area (TPSA) is 170 Å². The van der Waals surface area contributed by atoms with Crippen molar-refractivity contribution in [1.82, 2.24) is 42.5 Å². The molecule has 26 atom stereocenters. The van der Waals surface area contributed by atoms with Gasteiger partial charge in [-0.05, 0) is 43.4 Å². The first-order valence-corrected chi connectivity index (χ1v) is 22.7. The van der Waals surface area contributed by atoms with Crippen LogP contribution in [0.2, 0.25) is 0 Å². The smallest absolute Gasteiger partial charge is 0.112 e. The zero-order valence-electron chi connectivity index (χ0n) is 35.3. The van der Waals surface area contributed by atoms with E-state index in [1.54, 1.807) is 56.9 Å². The van der Waals surface area contributed by atoms with Crippen LogP contribution in [0.25, 0.3) is 0 Å². The summed E-state index contributed by atoms with van der Waals surface area (Å²) in [5.74, 6) is 1.02. The van der Waals surface area contributed by atoms with Crippen LogP contribution in [0.1, 0.15) is 38.5 Å². The number of hydrogen-bond donors (Lipinski definition) is 8. The van der Waals surface area contributed by atoms with Gasteiger partial charge in [0.05, 0.1) is 84.5 Å². The molecule has 16 nitrogen and oxygen atoms in total. The Balaban J connectivity index is 1.16. The van der Waals surface area contributed by atoms with Gasteiger partial charge in [-0.25, -0.2) is 0 Å². The third-order valence-electron chi connectivity index (χ3n) is 16.5. The van der Waals surface area contributed by atoms with Crippen LogP contribution in [0.15, 0.2) is 0 Å². The fourth-order valence-electron chi connectivity index (χ4n) is 14.2. The molecule has 9 fully saturated rings. The minimum absolute atomic E-state index is 0.0350. The Morgan fingerprint density at radius 2 is 0.586 bits per heavy atom. The Morgan fingerprint density at radius 3 is 0.914 bits per heavy atom. The van der Waals surface area contributed by atoms with Crippen molar-refractivity contribution in [2.75, 3.05) is 56.9 Å². The van der Waals surface area contributed by atoms with Crippen molar-refractivity contribution in [1.29, 1.82) is 0 Å². The highest BCUT2D eigenvalue weighted by molar-refractivity contribution is 6.30. The SMILES string of the molecule is COC1C(OC)C(OC)C2C3NC(NC4NC(NC5NC(NC6NC(N3)C3C(OC)C(OC)C(OC)C(OC)C63)C3C(Cl)C(Cl)CCC53)C3CCCCC43)C2C1OC. The maximum atomic E-state index is 7.37. The molecule has 5 aliphatic heterocycles. The van der Waals surface area contributed by atoms with Gasteiger partial charge < -0.3 is 37.9 Å². The lowest BCUT2D eigenvalue weighted by Gasteiger charge is -2.50. The summed E-state index contributed by atoms with van der Waals surface area (Å²) in [6.07, 6.45) is 3.24. The van der Waals surface area contributed by atoms with Gasteiger partial charge in [-0.15, -0.1) is 23.2 Å². The van der Waals surface area contributed by atoms with Crippen molar-refractivity contribution in [2.24, 2.45) is 47.3 Å². The molecule has 0 aromatic heterocycles. The Kier molecular flexibility index (Phi) is 13.3. The Hall–Kier alpha value is -0.0600. The number of alkyl halides is 2. The molecule has 5 heterocycles. The van der Waals surface area contributed by atoms with E-state index in [9.17, 15) is 0 Å². The number of halogens is 2. The molecule has 5 saturated heterocycles. The van der Waals surface area contributed by atoms with E-state index in [1.165, 1.54) is 25.7 Å². The van der Waals surface area contributed by atoms with Crippen LogP contribution in [0.4, 0.5) is 0 Å². The number of ether oxygens (including phenoxy) is 8. The normalized spacial score (nSPS) is 56.4. The van der Waals surface area contributed by atoms with Crippen LogP contribution >= 0.6 is 23.2 Å². The highest BCUT2D eigenvalue weighted by Crippen LogP contribution is 2.49. The largest absolute Gasteiger partial charge is 0.378 e. The molecule has 0 aromatic carbocycles. The summed E-state index contributed by atoms with van der Waals surface area (Å²) in [5, 5.41) is 32.6. The summed E-state index contributed by atoms with van der Waals surface area (Å²) in [5.41, 5.74) is 0. The van der Waals surface area contributed by atoms with Gasteiger partial charge in [-0.3, -0.25) is 42.5 Å². The first kappa shape index (κ1) is 43.2. The van der Waals surface area contributed by atoms with Crippen molar-refractivity contribution in [3.8, 4) is 0 Å². The van der Waals surface area contributed by atoms with Crippen LogP contribution in [0.5, 0.6) is 0 Å². The summed E-state index contributed by atoms with van der Waals surface area (Å²) < 4.78 is 50.6. The number of nitrogens with one attached hydrogen (secondary N) is 8. The number of hydrogen-bond acceptors (Lipinski definition) is 16. The van der Waals surface area contributed by atoms with Crippen molar-refractivity contribution in [3.63, 3.8) is 0 Å². The molecule has 58 heavy (non-hydrogen) atoms. The van der Waals surface area contributed by atoms with E-state index in [0.29, 0.717) is 17.8 Å². The van der Waals surface area contributed by atoms with Gasteiger partial charge >= 0.3 is 0 Å². The lowest BCUT2D eigenvalue weighted by atomic mass is 9.70. The average molecular weight is 862 g/mol. The lowest BCUT2D eigenvalue weighted by molar-refractivity contribution is -0.218. The first-order chi connectivity index (χ1) is 28.2. The molecule has 9 rings (SSSR count). The van der Waals surface area contributed by atoms with Gasteiger partial charge in [0.2, 0.25) is 0 Å². The molecule has 8 bridgehead atoms. The molecule has 4 saturated carbocycles. The summed E-state index contributed by atoms with van der Waals surface area (Å²) >= 11 is 14.4. The fraction of sp³-hybridized carbons (Fsp3) is 1.00. The molecule has 18 heteroatoms. The molecule has 26 unspecified atom stereocenters. The van der Waals surface area contributed by atoms with Crippen LogP contribution < -0.4 is 42.5 Å². The molecule has 0 radical (unpaired) electrons. The van der Waals surface area contributed by atoms with Gasteiger partial charge in [0.25, 0.3) is 0 Å². The molecule has 4 aliphatic carbocycles. The van der Waals surface area contributed by atoms with Crippen molar-refractivity contribution >= 4 is 23.2 Å². The van der Waals surface area contributed by atoms with Crippen LogP contribution in [0.3, 0.4) is 0 Å². The lowest BCUT2D eigenvalue weighted by Crippen LogP contribution is -2.67. The quantitative estimate of drug-likeness (QED) is 0.154. The predicted octanol–water partition coefficient (Wildman–Crippen LogP) is 0.0394. The maximum absolute atomic E-state index is 7.37. The second-order valence-electron chi connectivity index (χ2n) is 18.5. The molecule has 0 aromatic rings. The first-order valence-electron chi connectivity index (χ1n) is 21.8. The maximum Gasteiger partial charge on any atom is 0.112 e. The highest BCUT2D eigenvalue weighted by atomic mass is 35.5. The molecule has 0 spiro atoms. The number of rotatable bonds is 8. The van der Waals surface area contributed by atoms with Gasteiger partial charge in [-0.1, -0.05) is 12.8 Å². The van der Waals surface area contributed by atoms with E-state index in [1.807, 2.05) is 0 Å². The second kappa shape index (κ2) is 17.8. The van der Waals surface area contributed by atoms with E-state index in [4.69, 9.17) is 61.1 Å². The summed E-state index contributed by atoms with van der Waals surface area (Å²) in [6.45, 7) is 0. The summed E-state index contributed by atoms with van der Waals surface area (Å²) in [4.78, 5) is 0. The van der Waals surface area contributed by atoms with Crippen molar-refractivity contribution < 1.29 is 37.9 Å². The van der Waals surface area contributed by atoms with Gasteiger partial charge in [0.1, 0.15) is 24.4 Å². The third-order valence-corrected chi connectivity index (χ3v) is 17.7. The summed E-state index contributed by atoms with van der Waals surface area (Å²) in [7, 11) is 14.0. The monoisotopic (exact) mass is 860 g/mol. The molecule has 8 N–H and O–H groups in total. The highest BCUT2D eigenvalue weighted by Gasteiger charge is 2.65. The van der Waals surface area contributed by atoms with E-state index < -0.39 is 0 Å². The standard InChI is InChI=1S/C40H70Cl2N8O8/c1-51-25-20-21(26(52-2)30(56-6)29(25)55-5)39-48-37(20)45-34-16-12-10-9-11-15(16)33(43-34)44-35-17-13-14-18(41)24(42)19(17)36(46-35)47-38-22-23(40(49-38)50-39)28(54-4)32(58-8)31(57-7)27(22)53-3/h15-40,43-50H,9-14H2,1-8H3. The molecule has 332 valence electrons. The van der Waals surface area contributed by atoms with E-state index >= 15 is 0 Å². The number of methoxy groups -OCH3 is 8. The number of fused-ring (bicyclic) bond motifs is 20. The molecular weight excluding hydrogens is 791 g/mol. The zero-order chi connectivity index (χ0) is 40.6. The van der Waals surface area contributed by atoms with Crippen LogP contribution in [0, 0.1) is 47.3 Å². The van der Waals surface area contributed by atoms with Gasteiger partial charge in [-0.2, -0.15) is 0 Å². The van der Waals surface area contributed by atoms with Gasteiger partial charge in [0, 0.05) is 86.5 Å².